The minimum atomic E-state index is -0.233. The van der Waals surface area contributed by atoms with Gasteiger partial charge in [-0.2, -0.15) is 0 Å². The van der Waals surface area contributed by atoms with Gasteiger partial charge in [0.25, 0.3) is 0 Å². The standard InChI is InChI=1S/C17H28FNO2/c1-13(2)19-12-16(14-7-6-8-15(18)11-14)21-10-9-17(3,4)20-5/h6-8,11,13,16,19H,9-10,12H2,1-5H3. The monoisotopic (exact) mass is 297 g/mol. The first-order valence-electron chi connectivity index (χ1n) is 7.49. The molecule has 1 N–H and O–H groups in total. The molecule has 0 aliphatic rings. The number of nitrogens with one attached hydrogen (secondary N) is 1. The summed E-state index contributed by atoms with van der Waals surface area (Å²) < 4.78 is 24.7. The summed E-state index contributed by atoms with van der Waals surface area (Å²) in [5.74, 6) is -0.233. The van der Waals surface area contributed by atoms with E-state index in [4.69, 9.17) is 9.47 Å². The Morgan fingerprint density at radius 3 is 2.57 bits per heavy atom. The highest BCUT2D eigenvalue weighted by molar-refractivity contribution is 5.19. The van der Waals surface area contributed by atoms with Crippen LogP contribution in [0.3, 0.4) is 0 Å². The van der Waals surface area contributed by atoms with E-state index in [2.05, 4.69) is 19.2 Å². The van der Waals surface area contributed by atoms with Gasteiger partial charge >= 0.3 is 0 Å². The van der Waals surface area contributed by atoms with Crippen LogP contribution in [0.4, 0.5) is 4.39 Å². The number of hydrogen-bond donors (Lipinski definition) is 1. The lowest BCUT2D eigenvalue weighted by Crippen LogP contribution is -2.30. The van der Waals surface area contributed by atoms with Gasteiger partial charge in [-0.25, -0.2) is 4.39 Å². The van der Waals surface area contributed by atoms with Crippen molar-refractivity contribution in [2.24, 2.45) is 0 Å². The quantitative estimate of drug-likeness (QED) is 0.754. The van der Waals surface area contributed by atoms with Crippen LogP contribution in [0.15, 0.2) is 24.3 Å². The summed E-state index contributed by atoms with van der Waals surface area (Å²) in [4.78, 5) is 0. The van der Waals surface area contributed by atoms with Gasteiger partial charge in [-0.05, 0) is 38.0 Å². The Morgan fingerprint density at radius 2 is 2.00 bits per heavy atom. The third kappa shape index (κ3) is 7.02. The molecule has 0 saturated carbocycles. The lowest BCUT2D eigenvalue weighted by Gasteiger charge is -2.25. The molecule has 1 rings (SSSR count). The van der Waals surface area contributed by atoms with Crippen molar-refractivity contribution in [3.8, 4) is 0 Å². The molecule has 4 heteroatoms. The molecule has 0 saturated heterocycles. The smallest absolute Gasteiger partial charge is 0.123 e. The summed E-state index contributed by atoms with van der Waals surface area (Å²) in [6, 6.07) is 6.96. The largest absolute Gasteiger partial charge is 0.379 e. The fraction of sp³-hybridized carbons (Fsp3) is 0.647. The summed E-state index contributed by atoms with van der Waals surface area (Å²) in [6.45, 7) is 9.45. The molecule has 0 amide bonds. The fourth-order valence-electron chi connectivity index (χ4n) is 1.87. The van der Waals surface area contributed by atoms with E-state index in [1.165, 1.54) is 12.1 Å². The zero-order chi connectivity index (χ0) is 15.9. The summed E-state index contributed by atoms with van der Waals surface area (Å²) >= 11 is 0. The Kier molecular flexibility index (Phi) is 7.29. The van der Waals surface area contributed by atoms with Crippen molar-refractivity contribution in [3.05, 3.63) is 35.6 Å². The molecule has 0 fully saturated rings. The molecule has 0 aromatic heterocycles. The molecule has 0 aliphatic heterocycles. The van der Waals surface area contributed by atoms with Crippen molar-refractivity contribution in [1.29, 1.82) is 0 Å². The van der Waals surface area contributed by atoms with Gasteiger partial charge in [-0.15, -0.1) is 0 Å². The van der Waals surface area contributed by atoms with E-state index in [1.807, 2.05) is 19.9 Å². The van der Waals surface area contributed by atoms with Crippen LogP contribution < -0.4 is 5.32 Å². The SMILES string of the molecule is COC(C)(C)CCOC(CNC(C)C)c1cccc(F)c1. The minimum Gasteiger partial charge on any atom is -0.379 e. The maximum Gasteiger partial charge on any atom is 0.123 e. The van der Waals surface area contributed by atoms with Crippen molar-refractivity contribution in [1.82, 2.24) is 5.32 Å². The average Bonchev–Trinajstić information content (AvgIpc) is 2.42. The average molecular weight is 297 g/mol. The van der Waals surface area contributed by atoms with E-state index in [9.17, 15) is 4.39 Å². The predicted molar refractivity (Wildman–Crippen MR) is 83.9 cm³/mol. The van der Waals surface area contributed by atoms with E-state index in [1.54, 1.807) is 13.2 Å². The van der Waals surface area contributed by atoms with Crippen LogP contribution in [0, 0.1) is 5.82 Å². The number of benzene rings is 1. The third-order valence-electron chi connectivity index (χ3n) is 3.51. The van der Waals surface area contributed by atoms with Crippen molar-refractivity contribution in [2.75, 3.05) is 20.3 Å². The number of ether oxygens (including phenoxy) is 2. The topological polar surface area (TPSA) is 30.5 Å². The highest BCUT2D eigenvalue weighted by atomic mass is 19.1. The van der Waals surface area contributed by atoms with E-state index < -0.39 is 0 Å². The first-order chi connectivity index (χ1) is 9.84. The Bertz CT molecular complexity index is 421. The second-order valence-electron chi connectivity index (χ2n) is 6.19. The molecule has 0 spiro atoms. The van der Waals surface area contributed by atoms with Crippen LogP contribution >= 0.6 is 0 Å². The van der Waals surface area contributed by atoms with Crippen molar-refractivity contribution < 1.29 is 13.9 Å². The second kappa shape index (κ2) is 8.47. The summed E-state index contributed by atoms with van der Waals surface area (Å²) in [5, 5.41) is 3.35. The van der Waals surface area contributed by atoms with Crippen molar-refractivity contribution >= 4 is 0 Å². The van der Waals surface area contributed by atoms with E-state index in [0.717, 1.165) is 12.0 Å². The number of methoxy groups -OCH3 is 1. The van der Waals surface area contributed by atoms with Gasteiger partial charge in [0.15, 0.2) is 0 Å². The normalized spacial score (nSPS) is 13.7. The summed E-state index contributed by atoms with van der Waals surface area (Å²) in [7, 11) is 1.70. The second-order valence-corrected chi connectivity index (χ2v) is 6.19. The van der Waals surface area contributed by atoms with E-state index >= 15 is 0 Å². The van der Waals surface area contributed by atoms with Crippen LogP contribution in [0.5, 0.6) is 0 Å². The van der Waals surface area contributed by atoms with Crippen LogP contribution in [-0.4, -0.2) is 31.9 Å². The van der Waals surface area contributed by atoms with E-state index in [-0.39, 0.29) is 17.5 Å². The maximum absolute atomic E-state index is 13.4. The highest BCUT2D eigenvalue weighted by Gasteiger charge is 2.19. The lowest BCUT2D eigenvalue weighted by molar-refractivity contribution is -0.0275. The maximum atomic E-state index is 13.4. The molecule has 1 unspecified atom stereocenters. The predicted octanol–water partition coefficient (Wildman–Crippen LogP) is 3.70. The van der Waals surface area contributed by atoms with Crippen molar-refractivity contribution in [3.63, 3.8) is 0 Å². The fourth-order valence-corrected chi connectivity index (χ4v) is 1.87. The van der Waals surface area contributed by atoms with Crippen molar-refractivity contribution in [2.45, 2.75) is 51.9 Å². The number of hydrogen-bond acceptors (Lipinski definition) is 3. The number of halogens is 1. The molecule has 3 nitrogen and oxygen atoms in total. The molecular formula is C17H28FNO2. The molecule has 0 radical (unpaired) electrons. The van der Waals surface area contributed by atoms with Gasteiger partial charge in [-0.1, -0.05) is 26.0 Å². The molecule has 21 heavy (non-hydrogen) atoms. The van der Waals surface area contributed by atoms with Crippen LogP contribution in [0.25, 0.3) is 0 Å². The number of rotatable bonds is 9. The van der Waals surface area contributed by atoms with Gasteiger partial charge < -0.3 is 14.8 Å². The van der Waals surface area contributed by atoms with Gasteiger partial charge in [0.05, 0.1) is 18.3 Å². The Balaban J connectivity index is 2.64. The zero-order valence-corrected chi connectivity index (χ0v) is 13.8. The molecule has 120 valence electrons. The summed E-state index contributed by atoms with van der Waals surface area (Å²) in [6.07, 6.45) is 0.632. The molecule has 1 atom stereocenters. The van der Waals surface area contributed by atoms with Gasteiger partial charge in [0, 0.05) is 19.7 Å². The van der Waals surface area contributed by atoms with Crippen LogP contribution in [-0.2, 0) is 9.47 Å². The van der Waals surface area contributed by atoms with Gasteiger partial charge in [-0.3, -0.25) is 0 Å². The first kappa shape index (κ1) is 18.1. The Labute approximate surface area is 127 Å². The molecule has 1 aromatic rings. The van der Waals surface area contributed by atoms with Gasteiger partial charge in [0.1, 0.15) is 5.82 Å². The molecule has 0 aliphatic carbocycles. The third-order valence-corrected chi connectivity index (χ3v) is 3.51. The molecule has 1 aromatic carbocycles. The zero-order valence-electron chi connectivity index (χ0n) is 13.8. The highest BCUT2D eigenvalue weighted by Crippen LogP contribution is 2.20. The first-order valence-corrected chi connectivity index (χ1v) is 7.49. The Morgan fingerprint density at radius 1 is 1.29 bits per heavy atom. The minimum absolute atomic E-state index is 0.157. The van der Waals surface area contributed by atoms with Crippen LogP contribution in [0.1, 0.15) is 45.8 Å². The van der Waals surface area contributed by atoms with E-state index in [0.29, 0.717) is 19.2 Å². The molecule has 0 bridgehead atoms. The summed E-state index contributed by atoms with van der Waals surface area (Å²) in [5.41, 5.74) is 0.649. The molecule has 0 heterocycles. The Hall–Kier alpha value is -0.970. The van der Waals surface area contributed by atoms with Gasteiger partial charge in [0.2, 0.25) is 0 Å². The van der Waals surface area contributed by atoms with Crippen LogP contribution in [0.2, 0.25) is 0 Å². The molecular weight excluding hydrogens is 269 g/mol. The lowest BCUT2D eigenvalue weighted by atomic mass is 10.1.